The fourth-order valence-corrected chi connectivity index (χ4v) is 2.59. The van der Waals surface area contributed by atoms with Crippen LogP contribution in [0.4, 0.5) is 4.39 Å². The second-order valence-corrected chi connectivity index (χ2v) is 6.19. The van der Waals surface area contributed by atoms with E-state index in [1.165, 1.54) is 24.8 Å². The summed E-state index contributed by atoms with van der Waals surface area (Å²) in [4.78, 5) is 23.8. The molecule has 1 amide bonds. The summed E-state index contributed by atoms with van der Waals surface area (Å²) in [5.41, 5.74) is 2.64. The average Bonchev–Trinajstić information content (AvgIpc) is 2.66. The molecule has 0 saturated heterocycles. The molecule has 5 nitrogen and oxygen atoms in total. The van der Waals surface area contributed by atoms with Crippen molar-refractivity contribution in [1.82, 2.24) is 5.32 Å². The summed E-state index contributed by atoms with van der Waals surface area (Å²) in [7, 11) is 1.37. The van der Waals surface area contributed by atoms with E-state index in [-0.39, 0.29) is 24.8 Å². The summed E-state index contributed by atoms with van der Waals surface area (Å²) < 4.78 is 23.4. The van der Waals surface area contributed by atoms with Crippen LogP contribution in [0, 0.1) is 5.82 Å². The van der Waals surface area contributed by atoms with E-state index < -0.39 is 17.7 Å². The van der Waals surface area contributed by atoms with Crippen LogP contribution < -0.4 is 10.1 Å². The molecule has 1 N–H and O–H groups in total. The predicted molar refractivity (Wildman–Crippen MR) is 100.0 cm³/mol. The smallest absolute Gasteiger partial charge is 0.310 e. The Labute approximate surface area is 158 Å². The highest BCUT2D eigenvalue weighted by molar-refractivity contribution is 5.81. The first-order chi connectivity index (χ1) is 12.9. The Morgan fingerprint density at radius 1 is 1.11 bits per heavy atom. The molecule has 27 heavy (non-hydrogen) atoms. The van der Waals surface area contributed by atoms with Crippen molar-refractivity contribution >= 4 is 11.9 Å². The van der Waals surface area contributed by atoms with Gasteiger partial charge in [-0.25, -0.2) is 4.39 Å². The highest BCUT2D eigenvalue weighted by atomic mass is 19.1. The van der Waals surface area contributed by atoms with Gasteiger partial charge in [-0.3, -0.25) is 9.59 Å². The molecule has 0 saturated carbocycles. The van der Waals surface area contributed by atoms with Gasteiger partial charge in [-0.1, -0.05) is 37.3 Å². The molecule has 0 aliphatic heterocycles. The molecule has 1 atom stereocenters. The van der Waals surface area contributed by atoms with Gasteiger partial charge in [0.1, 0.15) is 0 Å². The number of carbonyl (C=O) groups excluding carboxylic acids is 2. The third kappa shape index (κ3) is 6.09. The lowest BCUT2D eigenvalue weighted by atomic mass is 10.1. The van der Waals surface area contributed by atoms with Crippen LogP contribution >= 0.6 is 0 Å². The van der Waals surface area contributed by atoms with Gasteiger partial charge in [0.05, 0.1) is 19.6 Å². The topological polar surface area (TPSA) is 64.6 Å². The normalized spacial score (nSPS) is 11.6. The van der Waals surface area contributed by atoms with Gasteiger partial charge in [-0.2, -0.15) is 0 Å². The molecule has 2 aromatic carbocycles. The first kappa shape index (κ1) is 20.4. The third-order valence-electron chi connectivity index (χ3n) is 4.19. The number of nitrogens with one attached hydrogen (secondary N) is 1. The van der Waals surface area contributed by atoms with Crippen molar-refractivity contribution < 1.29 is 23.5 Å². The minimum Gasteiger partial charge on any atom is -0.494 e. The van der Waals surface area contributed by atoms with E-state index in [0.29, 0.717) is 5.56 Å². The number of methoxy groups -OCH3 is 1. The fraction of sp³-hybridized carbons (Fsp3) is 0.333. The average molecular weight is 373 g/mol. The summed E-state index contributed by atoms with van der Waals surface area (Å²) in [6.07, 6.45) is 0.831. The quantitative estimate of drug-likeness (QED) is 0.721. The minimum atomic E-state index is -0.602. The zero-order valence-electron chi connectivity index (χ0n) is 15.8. The van der Waals surface area contributed by atoms with Gasteiger partial charge in [-0.05, 0) is 42.2 Å². The molecule has 2 rings (SSSR count). The Balaban J connectivity index is 1.80. The number of carbonyl (C=O) groups is 2. The van der Waals surface area contributed by atoms with Gasteiger partial charge in [0, 0.05) is 0 Å². The molecule has 0 unspecified atom stereocenters. The number of halogens is 1. The molecular weight excluding hydrogens is 349 g/mol. The summed E-state index contributed by atoms with van der Waals surface area (Å²) >= 11 is 0. The number of aryl methyl sites for hydroxylation is 1. The molecule has 0 fully saturated rings. The van der Waals surface area contributed by atoms with Gasteiger partial charge >= 0.3 is 5.97 Å². The number of hydrogen-bond donors (Lipinski definition) is 1. The highest BCUT2D eigenvalue weighted by Gasteiger charge is 2.13. The molecule has 0 radical (unpaired) electrons. The molecule has 0 aliphatic rings. The van der Waals surface area contributed by atoms with E-state index >= 15 is 0 Å². The minimum absolute atomic E-state index is 0.104. The van der Waals surface area contributed by atoms with Crippen molar-refractivity contribution in [1.29, 1.82) is 0 Å². The molecule has 0 heterocycles. The Bertz CT molecular complexity index is 789. The van der Waals surface area contributed by atoms with Gasteiger partial charge in [0.2, 0.25) is 0 Å². The Morgan fingerprint density at radius 3 is 2.37 bits per heavy atom. The standard InChI is InChI=1S/C21H24FNO4/c1-4-15-5-8-17(9-6-15)14(2)23-20(24)13-27-21(25)12-16-7-10-19(26-3)18(22)11-16/h5-11,14H,4,12-13H2,1-3H3,(H,23,24)/t14-/m0/s1. The van der Waals surface area contributed by atoms with Crippen LogP contribution in [-0.2, 0) is 27.2 Å². The highest BCUT2D eigenvalue weighted by Crippen LogP contribution is 2.18. The molecule has 144 valence electrons. The zero-order chi connectivity index (χ0) is 19.8. The molecule has 2 aromatic rings. The van der Waals surface area contributed by atoms with E-state index in [1.807, 2.05) is 31.2 Å². The third-order valence-corrected chi connectivity index (χ3v) is 4.19. The number of benzene rings is 2. The first-order valence-electron chi connectivity index (χ1n) is 8.79. The molecular formula is C21H24FNO4. The second kappa shape index (κ2) is 9.71. The van der Waals surface area contributed by atoms with Crippen LogP contribution in [0.5, 0.6) is 5.75 Å². The Morgan fingerprint density at radius 2 is 1.78 bits per heavy atom. The number of hydrogen-bond acceptors (Lipinski definition) is 4. The Kier molecular flexibility index (Phi) is 7.34. The molecule has 0 bridgehead atoms. The summed E-state index contributed by atoms with van der Waals surface area (Å²) in [5, 5.41) is 2.78. The van der Waals surface area contributed by atoms with E-state index in [2.05, 4.69) is 12.2 Å². The van der Waals surface area contributed by atoms with Crippen molar-refractivity contribution in [3.05, 3.63) is 65.0 Å². The van der Waals surface area contributed by atoms with E-state index in [0.717, 1.165) is 12.0 Å². The van der Waals surface area contributed by atoms with Gasteiger partial charge in [-0.15, -0.1) is 0 Å². The van der Waals surface area contributed by atoms with E-state index in [9.17, 15) is 14.0 Å². The maximum Gasteiger partial charge on any atom is 0.310 e. The van der Waals surface area contributed by atoms with Crippen LogP contribution in [0.25, 0.3) is 0 Å². The van der Waals surface area contributed by atoms with Crippen LogP contribution in [0.15, 0.2) is 42.5 Å². The lowest BCUT2D eigenvalue weighted by Crippen LogP contribution is -2.31. The largest absolute Gasteiger partial charge is 0.494 e. The van der Waals surface area contributed by atoms with E-state index in [1.54, 1.807) is 6.07 Å². The second-order valence-electron chi connectivity index (χ2n) is 6.19. The maximum atomic E-state index is 13.6. The number of amides is 1. The summed E-state index contributed by atoms with van der Waals surface area (Å²) in [6, 6.07) is 12.0. The number of esters is 1. The number of rotatable bonds is 8. The first-order valence-corrected chi connectivity index (χ1v) is 8.79. The lowest BCUT2D eigenvalue weighted by molar-refractivity contribution is -0.148. The van der Waals surface area contributed by atoms with Crippen molar-refractivity contribution in [2.45, 2.75) is 32.7 Å². The SMILES string of the molecule is CCc1ccc([C@H](C)NC(=O)COC(=O)Cc2ccc(OC)c(F)c2)cc1. The summed E-state index contributed by atoms with van der Waals surface area (Å²) in [6.45, 7) is 3.56. The predicted octanol–water partition coefficient (Wildman–Crippen LogP) is 3.36. The lowest BCUT2D eigenvalue weighted by Gasteiger charge is -2.15. The Hall–Kier alpha value is -2.89. The van der Waals surface area contributed by atoms with Crippen molar-refractivity contribution in [3.8, 4) is 5.75 Å². The molecule has 6 heteroatoms. The van der Waals surface area contributed by atoms with Crippen LogP contribution in [0.1, 0.15) is 36.6 Å². The monoisotopic (exact) mass is 373 g/mol. The van der Waals surface area contributed by atoms with Crippen molar-refractivity contribution in [2.75, 3.05) is 13.7 Å². The molecule has 0 aliphatic carbocycles. The van der Waals surface area contributed by atoms with Gasteiger partial charge in [0.15, 0.2) is 18.2 Å². The zero-order valence-corrected chi connectivity index (χ0v) is 15.8. The van der Waals surface area contributed by atoms with Crippen LogP contribution in [0.3, 0.4) is 0 Å². The van der Waals surface area contributed by atoms with Crippen LogP contribution in [-0.4, -0.2) is 25.6 Å². The van der Waals surface area contributed by atoms with Crippen LogP contribution in [0.2, 0.25) is 0 Å². The molecule has 0 aromatic heterocycles. The van der Waals surface area contributed by atoms with Crippen molar-refractivity contribution in [2.24, 2.45) is 0 Å². The van der Waals surface area contributed by atoms with E-state index in [4.69, 9.17) is 9.47 Å². The van der Waals surface area contributed by atoms with Crippen molar-refractivity contribution in [3.63, 3.8) is 0 Å². The maximum absolute atomic E-state index is 13.6. The number of ether oxygens (including phenoxy) is 2. The molecule has 0 spiro atoms. The van der Waals surface area contributed by atoms with Gasteiger partial charge < -0.3 is 14.8 Å². The fourth-order valence-electron chi connectivity index (χ4n) is 2.59. The van der Waals surface area contributed by atoms with Gasteiger partial charge in [0.25, 0.3) is 5.91 Å². The summed E-state index contributed by atoms with van der Waals surface area (Å²) in [5.74, 6) is -1.44.